The first-order valence-corrected chi connectivity index (χ1v) is 6.74. The Morgan fingerprint density at radius 2 is 2.05 bits per heavy atom. The lowest BCUT2D eigenvalue weighted by atomic mass is 9.99. The van der Waals surface area contributed by atoms with Crippen molar-refractivity contribution in [3.8, 4) is 0 Å². The van der Waals surface area contributed by atoms with Gasteiger partial charge in [-0.3, -0.25) is 9.69 Å². The van der Waals surface area contributed by atoms with Crippen molar-refractivity contribution in [2.24, 2.45) is 0 Å². The lowest BCUT2D eigenvalue weighted by molar-refractivity contribution is -0.145. The first kappa shape index (κ1) is 14.5. The standard InChI is InChI=1S/C15H20N2O3/c1-11(18)16-14(15(19)20-2)10-17-8-7-12-5-3-4-6-13(12)9-17/h3-6,14H,7-10H2,1-2H3,(H,16,18). The maximum atomic E-state index is 11.7. The fourth-order valence-electron chi connectivity index (χ4n) is 2.53. The van der Waals surface area contributed by atoms with Crippen molar-refractivity contribution >= 4 is 11.9 Å². The summed E-state index contributed by atoms with van der Waals surface area (Å²) < 4.78 is 4.74. The molecule has 0 spiro atoms. The number of carbonyl (C=O) groups excluding carboxylic acids is 2. The van der Waals surface area contributed by atoms with E-state index in [0.29, 0.717) is 6.54 Å². The van der Waals surface area contributed by atoms with Crippen molar-refractivity contribution in [1.82, 2.24) is 10.2 Å². The molecule has 0 aromatic heterocycles. The molecule has 108 valence electrons. The molecular formula is C15H20N2O3. The molecule has 1 aromatic rings. The topological polar surface area (TPSA) is 58.6 Å². The second-order valence-electron chi connectivity index (χ2n) is 5.03. The summed E-state index contributed by atoms with van der Waals surface area (Å²) in [4.78, 5) is 25.0. The number of benzene rings is 1. The third-order valence-electron chi connectivity index (χ3n) is 3.51. The van der Waals surface area contributed by atoms with Crippen molar-refractivity contribution in [3.05, 3.63) is 35.4 Å². The van der Waals surface area contributed by atoms with Crippen molar-refractivity contribution < 1.29 is 14.3 Å². The number of hydrogen-bond acceptors (Lipinski definition) is 4. The fraction of sp³-hybridized carbons (Fsp3) is 0.467. The van der Waals surface area contributed by atoms with E-state index < -0.39 is 12.0 Å². The molecule has 1 atom stereocenters. The molecular weight excluding hydrogens is 256 g/mol. The number of methoxy groups -OCH3 is 1. The molecule has 1 aliphatic rings. The van der Waals surface area contributed by atoms with Crippen LogP contribution in [0.25, 0.3) is 0 Å². The van der Waals surface area contributed by atoms with Gasteiger partial charge in [-0.25, -0.2) is 4.79 Å². The van der Waals surface area contributed by atoms with Gasteiger partial charge in [-0.2, -0.15) is 0 Å². The van der Waals surface area contributed by atoms with Gasteiger partial charge in [0.25, 0.3) is 0 Å². The van der Waals surface area contributed by atoms with Gasteiger partial charge in [0.15, 0.2) is 0 Å². The van der Waals surface area contributed by atoms with E-state index in [1.807, 2.05) is 12.1 Å². The van der Waals surface area contributed by atoms with Crippen molar-refractivity contribution in [3.63, 3.8) is 0 Å². The van der Waals surface area contributed by atoms with Crippen LogP contribution in [0.4, 0.5) is 0 Å². The number of carbonyl (C=O) groups is 2. The van der Waals surface area contributed by atoms with Gasteiger partial charge in [-0.05, 0) is 17.5 Å². The number of nitrogens with zero attached hydrogens (tertiary/aromatic N) is 1. The zero-order valence-corrected chi connectivity index (χ0v) is 11.9. The van der Waals surface area contributed by atoms with E-state index in [2.05, 4.69) is 22.3 Å². The van der Waals surface area contributed by atoms with Crippen LogP contribution in [0.5, 0.6) is 0 Å². The minimum absolute atomic E-state index is 0.224. The van der Waals surface area contributed by atoms with E-state index >= 15 is 0 Å². The zero-order valence-electron chi connectivity index (χ0n) is 11.9. The Kier molecular flexibility index (Phi) is 4.74. The van der Waals surface area contributed by atoms with E-state index in [-0.39, 0.29) is 5.91 Å². The quantitative estimate of drug-likeness (QED) is 0.823. The molecule has 1 aromatic carbocycles. The molecule has 1 aliphatic heterocycles. The van der Waals surface area contributed by atoms with Gasteiger partial charge in [-0.15, -0.1) is 0 Å². The summed E-state index contributed by atoms with van der Waals surface area (Å²) in [6.07, 6.45) is 0.962. The molecule has 0 radical (unpaired) electrons. The van der Waals surface area contributed by atoms with Crippen LogP contribution in [0.1, 0.15) is 18.1 Å². The number of hydrogen-bond donors (Lipinski definition) is 1. The minimum atomic E-state index is -0.609. The Morgan fingerprint density at radius 1 is 1.35 bits per heavy atom. The molecule has 1 heterocycles. The van der Waals surface area contributed by atoms with Gasteiger partial charge >= 0.3 is 5.97 Å². The monoisotopic (exact) mass is 276 g/mol. The number of ether oxygens (including phenoxy) is 1. The number of rotatable bonds is 4. The highest BCUT2D eigenvalue weighted by molar-refractivity contribution is 5.83. The third kappa shape index (κ3) is 3.57. The van der Waals surface area contributed by atoms with E-state index in [0.717, 1.165) is 19.5 Å². The van der Waals surface area contributed by atoms with Crippen LogP contribution in [0.2, 0.25) is 0 Å². The van der Waals surface area contributed by atoms with Crippen molar-refractivity contribution in [2.75, 3.05) is 20.2 Å². The molecule has 0 bridgehead atoms. The van der Waals surface area contributed by atoms with Crippen LogP contribution >= 0.6 is 0 Å². The largest absolute Gasteiger partial charge is 0.467 e. The minimum Gasteiger partial charge on any atom is -0.467 e. The average molecular weight is 276 g/mol. The lowest BCUT2D eigenvalue weighted by Crippen LogP contribution is -2.49. The molecule has 20 heavy (non-hydrogen) atoms. The highest BCUT2D eigenvalue weighted by atomic mass is 16.5. The van der Waals surface area contributed by atoms with E-state index in [9.17, 15) is 9.59 Å². The second-order valence-corrected chi connectivity index (χ2v) is 5.03. The highest BCUT2D eigenvalue weighted by Gasteiger charge is 2.25. The Bertz CT molecular complexity index is 502. The zero-order chi connectivity index (χ0) is 14.5. The summed E-state index contributed by atoms with van der Waals surface area (Å²) in [5.41, 5.74) is 2.64. The van der Waals surface area contributed by atoms with Gasteiger partial charge in [0.2, 0.25) is 5.91 Å². The predicted molar refractivity (Wildman–Crippen MR) is 75.0 cm³/mol. The molecule has 5 heteroatoms. The predicted octanol–water partition coefficient (Wildman–Crippen LogP) is 0.722. The summed E-state index contributed by atoms with van der Waals surface area (Å²) in [5.74, 6) is -0.628. The lowest BCUT2D eigenvalue weighted by Gasteiger charge is -2.31. The Morgan fingerprint density at radius 3 is 2.70 bits per heavy atom. The van der Waals surface area contributed by atoms with E-state index in [4.69, 9.17) is 4.74 Å². The molecule has 2 rings (SSSR count). The SMILES string of the molecule is COC(=O)C(CN1CCc2ccccc2C1)NC(C)=O. The molecule has 1 unspecified atom stereocenters. The van der Waals surface area contributed by atoms with E-state index in [1.165, 1.54) is 25.2 Å². The van der Waals surface area contributed by atoms with Crippen molar-refractivity contribution in [1.29, 1.82) is 0 Å². The molecule has 5 nitrogen and oxygen atoms in total. The van der Waals surface area contributed by atoms with Gasteiger partial charge < -0.3 is 10.1 Å². The summed E-state index contributed by atoms with van der Waals surface area (Å²) >= 11 is 0. The van der Waals surface area contributed by atoms with Crippen LogP contribution < -0.4 is 5.32 Å². The van der Waals surface area contributed by atoms with Crippen LogP contribution in [0.15, 0.2) is 24.3 Å². The molecule has 0 saturated heterocycles. The van der Waals surface area contributed by atoms with Gasteiger partial charge in [0, 0.05) is 26.6 Å². The van der Waals surface area contributed by atoms with E-state index in [1.54, 1.807) is 0 Å². The van der Waals surface area contributed by atoms with Crippen LogP contribution in [-0.2, 0) is 27.3 Å². The maximum Gasteiger partial charge on any atom is 0.329 e. The number of esters is 1. The van der Waals surface area contributed by atoms with Crippen LogP contribution in [-0.4, -0.2) is 43.0 Å². The maximum absolute atomic E-state index is 11.7. The van der Waals surface area contributed by atoms with Crippen LogP contribution in [0.3, 0.4) is 0 Å². The van der Waals surface area contributed by atoms with Crippen molar-refractivity contribution in [2.45, 2.75) is 25.9 Å². The number of nitrogens with one attached hydrogen (secondary N) is 1. The Hall–Kier alpha value is -1.88. The first-order chi connectivity index (χ1) is 9.60. The number of amides is 1. The first-order valence-electron chi connectivity index (χ1n) is 6.74. The number of fused-ring (bicyclic) bond motifs is 1. The second kappa shape index (κ2) is 6.52. The summed E-state index contributed by atoms with van der Waals surface area (Å²) in [7, 11) is 1.34. The third-order valence-corrected chi connectivity index (χ3v) is 3.51. The van der Waals surface area contributed by atoms with Crippen LogP contribution in [0, 0.1) is 0 Å². The highest BCUT2D eigenvalue weighted by Crippen LogP contribution is 2.18. The smallest absolute Gasteiger partial charge is 0.329 e. The average Bonchev–Trinajstić information content (AvgIpc) is 2.45. The van der Waals surface area contributed by atoms with Gasteiger partial charge in [0.1, 0.15) is 6.04 Å². The Labute approximate surface area is 118 Å². The van der Waals surface area contributed by atoms with Gasteiger partial charge in [-0.1, -0.05) is 24.3 Å². The molecule has 0 fully saturated rings. The summed E-state index contributed by atoms with van der Waals surface area (Å²) in [6.45, 7) is 3.55. The molecule has 1 N–H and O–H groups in total. The molecule has 0 aliphatic carbocycles. The summed E-state index contributed by atoms with van der Waals surface area (Å²) in [6, 6.07) is 7.70. The summed E-state index contributed by atoms with van der Waals surface area (Å²) in [5, 5.41) is 2.65. The molecule has 1 amide bonds. The van der Waals surface area contributed by atoms with Gasteiger partial charge in [0.05, 0.1) is 7.11 Å². The Balaban J connectivity index is 2.01. The normalized spacial score (nSPS) is 16.1. The fourth-order valence-corrected chi connectivity index (χ4v) is 2.53. The molecule has 0 saturated carbocycles.